The number of benzene rings is 1. The van der Waals surface area contributed by atoms with E-state index in [0.29, 0.717) is 5.56 Å². The highest BCUT2D eigenvalue weighted by molar-refractivity contribution is 5.98. The molecule has 3 heterocycles. The smallest absolute Gasteiger partial charge is 0.251 e. The van der Waals surface area contributed by atoms with Crippen molar-refractivity contribution in [3.8, 4) is 12.0 Å². The van der Waals surface area contributed by atoms with Gasteiger partial charge in [0, 0.05) is 22.7 Å². The van der Waals surface area contributed by atoms with Gasteiger partial charge < -0.3 is 10.2 Å². The van der Waals surface area contributed by atoms with Crippen molar-refractivity contribution in [2.45, 2.75) is 51.7 Å². The highest BCUT2D eigenvalue weighted by Gasteiger charge is 2.38. The van der Waals surface area contributed by atoms with Crippen LogP contribution in [-0.2, 0) is 0 Å². The molecule has 1 saturated heterocycles. The second kappa shape index (κ2) is 7.55. The minimum absolute atomic E-state index is 0.00669. The Hall–Kier alpha value is -3.40. The van der Waals surface area contributed by atoms with E-state index in [2.05, 4.69) is 28.5 Å². The van der Waals surface area contributed by atoms with E-state index in [1.54, 1.807) is 15.8 Å². The summed E-state index contributed by atoms with van der Waals surface area (Å²) in [5, 5.41) is 17.8. The molecule has 1 N–H and O–H groups in total. The van der Waals surface area contributed by atoms with Gasteiger partial charge >= 0.3 is 0 Å². The lowest BCUT2D eigenvalue weighted by Crippen LogP contribution is -2.42. The third kappa shape index (κ3) is 3.42. The Bertz CT molecular complexity index is 1100. The topological polar surface area (TPSA) is 86.8 Å². The molecule has 7 nitrogen and oxygen atoms in total. The number of nitrogens with zero attached hydrogens (tertiary/aromatic N) is 5. The number of carbonyl (C=O) groups excluding carboxylic acids is 1. The van der Waals surface area contributed by atoms with Crippen molar-refractivity contribution in [2.24, 2.45) is 0 Å². The number of aromatic nitrogens is 3. The molecule has 148 valence electrons. The maximum Gasteiger partial charge on any atom is 0.251 e. The van der Waals surface area contributed by atoms with Gasteiger partial charge in [-0.05, 0) is 57.0 Å². The van der Waals surface area contributed by atoms with Crippen LogP contribution in [0.1, 0.15) is 42.7 Å². The van der Waals surface area contributed by atoms with E-state index in [1.165, 1.54) is 0 Å². The van der Waals surface area contributed by atoms with Gasteiger partial charge in [0.1, 0.15) is 0 Å². The number of fused-ring (bicyclic) bond motifs is 1. The lowest BCUT2D eigenvalue weighted by Gasteiger charge is -2.22. The molecule has 3 atom stereocenters. The molecule has 0 spiro atoms. The summed E-state index contributed by atoms with van der Waals surface area (Å²) in [4.78, 5) is 19.2. The zero-order valence-electron chi connectivity index (χ0n) is 16.8. The lowest BCUT2D eigenvalue weighted by molar-refractivity contribution is 0.0931. The molecule has 0 saturated carbocycles. The summed E-state index contributed by atoms with van der Waals surface area (Å²) in [6, 6.07) is 11.5. The molecule has 0 bridgehead atoms. The standard InChI is InChI=1S/C22H24N6O/c1-4-18-11-19(15(3)27(18)13-23)26-22(29)16-8-9-20-17(10-16)12-24-28(20)21-7-5-6-14(2)25-21/h5-10,12,15,18-19H,4,11H2,1-3H3,(H,26,29)/t15-,18+,19-/m1/s1. The predicted molar refractivity (Wildman–Crippen MR) is 110 cm³/mol. The first-order chi connectivity index (χ1) is 14.0. The minimum Gasteiger partial charge on any atom is -0.347 e. The lowest BCUT2D eigenvalue weighted by atomic mass is 10.1. The number of nitriles is 1. The monoisotopic (exact) mass is 388 g/mol. The van der Waals surface area contributed by atoms with Gasteiger partial charge in [-0.25, -0.2) is 9.67 Å². The predicted octanol–water partition coefficient (Wildman–Crippen LogP) is 3.18. The summed E-state index contributed by atoms with van der Waals surface area (Å²) in [5.74, 6) is 0.624. The molecule has 2 aromatic heterocycles. The molecule has 3 aromatic rings. The van der Waals surface area contributed by atoms with Gasteiger partial charge in [-0.1, -0.05) is 13.0 Å². The van der Waals surface area contributed by atoms with Crippen molar-refractivity contribution in [2.75, 3.05) is 0 Å². The van der Waals surface area contributed by atoms with E-state index in [9.17, 15) is 10.1 Å². The number of nitrogens with one attached hydrogen (secondary N) is 1. The van der Waals surface area contributed by atoms with E-state index in [1.807, 2.05) is 50.2 Å². The zero-order chi connectivity index (χ0) is 20.5. The molecular weight excluding hydrogens is 364 g/mol. The minimum atomic E-state index is -0.125. The van der Waals surface area contributed by atoms with Crippen molar-refractivity contribution in [1.29, 1.82) is 5.26 Å². The molecule has 1 aromatic carbocycles. The van der Waals surface area contributed by atoms with Crippen LogP contribution in [0.15, 0.2) is 42.6 Å². The number of hydrogen-bond acceptors (Lipinski definition) is 5. The zero-order valence-corrected chi connectivity index (χ0v) is 16.8. The Kier molecular flexibility index (Phi) is 4.93. The number of hydrogen-bond donors (Lipinski definition) is 1. The number of likely N-dealkylation sites (tertiary alicyclic amines) is 1. The van der Waals surface area contributed by atoms with Crippen LogP contribution in [0.2, 0.25) is 0 Å². The van der Waals surface area contributed by atoms with Crippen LogP contribution in [0.5, 0.6) is 0 Å². The Balaban J connectivity index is 1.56. The molecule has 7 heteroatoms. The van der Waals surface area contributed by atoms with Crippen LogP contribution in [0.4, 0.5) is 0 Å². The van der Waals surface area contributed by atoms with Crippen molar-refractivity contribution < 1.29 is 4.79 Å². The first kappa shape index (κ1) is 18.9. The largest absolute Gasteiger partial charge is 0.347 e. The maximum absolute atomic E-state index is 12.8. The van der Waals surface area contributed by atoms with Gasteiger partial charge in [0.15, 0.2) is 12.0 Å². The quantitative estimate of drug-likeness (QED) is 0.694. The Morgan fingerprint density at radius 3 is 2.86 bits per heavy atom. The van der Waals surface area contributed by atoms with Crippen LogP contribution in [0, 0.1) is 18.4 Å². The Morgan fingerprint density at radius 1 is 1.34 bits per heavy atom. The molecule has 0 unspecified atom stereocenters. The van der Waals surface area contributed by atoms with Gasteiger partial charge in [0.25, 0.3) is 5.91 Å². The fraction of sp³-hybridized carbons (Fsp3) is 0.364. The highest BCUT2D eigenvalue weighted by Crippen LogP contribution is 2.26. The first-order valence-corrected chi connectivity index (χ1v) is 9.92. The molecule has 29 heavy (non-hydrogen) atoms. The number of pyridine rings is 1. The first-order valence-electron chi connectivity index (χ1n) is 9.92. The molecule has 1 fully saturated rings. The van der Waals surface area contributed by atoms with Crippen LogP contribution in [-0.4, -0.2) is 43.7 Å². The van der Waals surface area contributed by atoms with Crippen LogP contribution in [0.3, 0.4) is 0 Å². The number of aryl methyl sites for hydroxylation is 1. The van der Waals surface area contributed by atoms with E-state index in [4.69, 9.17) is 0 Å². The number of rotatable bonds is 4. The third-order valence-electron chi connectivity index (χ3n) is 5.76. The van der Waals surface area contributed by atoms with Crippen LogP contribution >= 0.6 is 0 Å². The fourth-order valence-corrected chi connectivity index (χ4v) is 4.10. The Labute approximate surface area is 170 Å². The fourth-order valence-electron chi connectivity index (χ4n) is 4.10. The number of amides is 1. The summed E-state index contributed by atoms with van der Waals surface area (Å²) in [5.41, 5.74) is 2.41. The van der Waals surface area contributed by atoms with E-state index in [0.717, 1.165) is 35.3 Å². The number of carbonyl (C=O) groups is 1. The van der Waals surface area contributed by atoms with E-state index in [-0.39, 0.29) is 24.0 Å². The van der Waals surface area contributed by atoms with Crippen LogP contribution < -0.4 is 5.32 Å². The van der Waals surface area contributed by atoms with Gasteiger partial charge in [-0.15, -0.1) is 0 Å². The second-order valence-corrected chi connectivity index (χ2v) is 7.59. The van der Waals surface area contributed by atoms with Gasteiger partial charge in [0.05, 0.1) is 23.8 Å². The highest BCUT2D eigenvalue weighted by atomic mass is 16.1. The maximum atomic E-state index is 12.8. The van der Waals surface area contributed by atoms with Gasteiger partial charge in [0.2, 0.25) is 0 Å². The molecular formula is C22H24N6O. The summed E-state index contributed by atoms with van der Waals surface area (Å²) < 4.78 is 1.78. The second-order valence-electron chi connectivity index (χ2n) is 7.59. The van der Waals surface area contributed by atoms with Crippen molar-refractivity contribution >= 4 is 16.8 Å². The molecule has 0 radical (unpaired) electrons. The average molecular weight is 388 g/mol. The molecule has 1 amide bonds. The summed E-state index contributed by atoms with van der Waals surface area (Å²) in [7, 11) is 0. The SMILES string of the molecule is CC[C@H]1C[C@@H](NC(=O)c2ccc3c(cnn3-c3cccc(C)n3)c2)[C@@H](C)N1C#N. The van der Waals surface area contributed by atoms with Crippen LogP contribution in [0.25, 0.3) is 16.7 Å². The van der Waals surface area contributed by atoms with Crippen molar-refractivity contribution in [1.82, 2.24) is 25.0 Å². The van der Waals surface area contributed by atoms with E-state index >= 15 is 0 Å². The van der Waals surface area contributed by atoms with Gasteiger partial charge in [-0.2, -0.15) is 10.4 Å². The van der Waals surface area contributed by atoms with Crippen molar-refractivity contribution in [3.05, 3.63) is 53.9 Å². The third-order valence-corrected chi connectivity index (χ3v) is 5.76. The molecule has 1 aliphatic rings. The Morgan fingerprint density at radius 2 is 2.17 bits per heavy atom. The van der Waals surface area contributed by atoms with Gasteiger partial charge in [-0.3, -0.25) is 4.79 Å². The summed E-state index contributed by atoms with van der Waals surface area (Å²) >= 11 is 0. The summed E-state index contributed by atoms with van der Waals surface area (Å²) in [6.45, 7) is 6.00. The van der Waals surface area contributed by atoms with E-state index < -0.39 is 0 Å². The molecule has 0 aliphatic carbocycles. The molecule has 1 aliphatic heterocycles. The summed E-state index contributed by atoms with van der Waals surface area (Å²) in [6.07, 6.45) is 5.70. The average Bonchev–Trinajstić information content (AvgIpc) is 3.28. The normalized spacial score (nSPS) is 21.3. The van der Waals surface area contributed by atoms with Crippen molar-refractivity contribution in [3.63, 3.8) is 0 Å². The molecule has 4 rings (SSSR count).